The van der Waals surface area contributed by atoms with Crippen molar-refractivity contribution in [2.24, 2.45) is 5.73 Å². The van der Waals surface area contributed by atoms with Crippen LogP contribution in [0.2, 0.25) is 0 Å². The van der Waals surface area contributed by atoms with Crippen molar-refractivity contribution in [1.29, 1.82) is 0 Å². The third-order valence-corrected chi connectivity index (χ3v) is 3.30. The Balaban J connectivity index is 2.34. The van der Waals surface area contributed by atoms with Gasteiger partial charge in [-0.05, 0) is 30.5 Å². The van der Waals surface area contributed by atoms with Crippen molar-refractivity contribution in [2.45, 2.75) is 18.8 Å². The molecule has 1 unspecified atom stereocenters. The molecule has 0 spiro atoms. The molecule has 4 heteroatoms. The molecule has 1 aliphatic rings. The molecular formula is C12H12N2O2. The van der Waals surface area contributed by atoms with Crippen LogP contribution in [0, 0.1) is 0 Å². The van der Waals surface area contributed by atoms with Crippen molar-refractivity contribution in [3.63, 3.8) is 0 Å². The van der Waals surface area contributed by atoms with Crippen LogP contribution in [0.25, 0.3) is 10.9 Å². The van der Waals surface area contributed by atoms with Crippen molar-refractivity contribution in [2.75, 3.05) is 0 Å². The average Bonchev–Trinajstić information content (AvgIpc) is 2.74. The lowest BCUT2D eigenvalue weighted by Gasteiger charge is -2.06. The van der Waals surface area contributed by atoms with E-state index in [9.17, 15) is 9.90 Å². The molecule has 1 amide bonds. The second-order valence-corrected chi connectivity index (χ2v) is 4.21. The number of benzene rings is 1. The highest BCUT2D eigenvalue weighted by Gasteiger charge is 2.31. The lowest BCUT2D eigenvalue weighted by molar-refractivity contribution is -0.119. The Morgan fingerprint density at radius 2 is 2.31 bits per heavy atom. The third kappa shape index (κ3) is 1.07. The molecule has 0 radical (unpaired) electrons. The molecule has 1 heterocycles. The van der Waals surface area contributed by atoms with Crippen molar-refractivity contribution in [3.05, 3.63) is 29.5 Å². The van der Waals surface area contributed by atoms with Gasteiger partial charge in [-0.25, -0.2) is 0 Å². The number of aromatic hydroxyl groups is 1. The van der Waals surface area contributed by atoms with Crippen molar-refractivity contribution >= 4 is 16.8 Å². The van der Waals surface area contributed by atoms with E-state index in [0.717, 1.165) is 35.0 Å². The minimum atomic E-state index is -0.317. The number of aromatic nitrogens is 1. The molecule has 1 aromatic carbocycles. The first-order chi connectivity index (χ1) is 7.68. The van der Waals surface area contributed by atoms with Gasteiger partial charge in [-0.2, -0.15) is 0 Å². The number of carbonyl (C=O) groups excluding carboxylic acids is 1. The van der Waals surface area contributed by atoms with E-state index in [0.29, 0.717) is 0 Å². The van der Waals surface area contributed by atoms with Crippen molar-refractivity contribution < 1.29 is 9.90 Å². The minimum Gasteiger partial charge on any atom is -0.507 e. The summed E-state index contributed by atoms with van der Waals surface area (Å²) in [6.45, 7) is 0. The molecule has 0 saturated heterocycles. The predicted molar refractivity (Wildman–Crippen MR) is 60.2 cm³/mol. The molecule has 82 valence electrons. The summed E-state index contributed by atoms with van der Waals surface area (Å²) in [5.41, 5.74) is 8.17. The van der Waals surface area contributed by atoms with E-state index in [1.807, 2.05) is 6.07 Å². The average molecular weight is 216 g/mol. The topological polar surface area (TPSA) is 79.1 Å². The molecular weight excluding hydrogens is 204 g/mol. The summed E-state index contributed by atoms with van der Waals surface area (Å²) in [6.07, 6.45) is 1.55. The van der Waals surface area contributed by atoms with Gasteiger partial charge in [0.2, 0.25) is 5.91 Å². The van der Waals surface area contributed by atoms with Gasteiger partial charge in [0.05, 0.1) is 5.92 Å². The molecule has 4 nitrogen and oxygen atoms in total. The summed E-state index contributed by atoms with van der Waals surface area (Å²) in [5, 5.41) is 10.6. The number of primary amides is 1. The zero-order valence-corrected chi connectivity index (χ0v) is 8.66. The summed E-state index contributed by atoms with van der Waals surface area (Å²) < 4.78 is 0. The van der Waals surface area contributed by atoms with Gasteiger partial charge in [-0.3, -0.25) is 4.79 Å². The van der Waals surface area contributed by atoms with E-state index in [2.05, 4.69) is 4.98 Å². The number of rotatable bonds is 1. The molecule has 1 aromatic heterocycles. The molecule has 1 atom stereocenters. The Bertz CT molecular complexity index is 586. The Morgan fingerprint density at radius 3 is 3.06 bits per heavy atom. The fourth-order valence-corrected chi connectivity index (χ4v) is 2.61. The van der Waals surface area contributed by atoms with Crippen molar-refractivity contribution in [3.8, 4) is 5.75 Å². The van der Waals surface area contributed by atoms with Gasteiger partial charge in [0, 0.05) is 16.6 Å². The second-order valence-electron chi connectivity index (χ2n) is 4.21. The van der Waals surface area contributed by atoms with Crippen LogP contribution < -0.4 is 5.73 Å². The minimum absolute atomic E-state index is 0.211. The smallest absolute Gasteiger partial charge is 0.225 e. The van der Waals surface area contributed by atoms with E-state index in [4.69, 9.17) is 5.73 Å². The zero-order valence-electron chi connectivity index (χ0n) is 8.66. The Labute approximate surface area is 92.1 Å². The maximum Gasteiger partial charge on any atom is 0.225 e. The van der Waals surface area contributed by atoms with Gasteiger partial charge >= 0.3 is 0 Å². The molecule has 16 heavy (non-hydrogen) atoms. The van der Waals surface area contributed by atoms with Crippen LogP contribution in [-0.4, -0.2) is 16.0 Å². The zero-order chi connectivity index (χ0) is 11.3. The van der Waals surface area contributed by atoms with E-state index in [1.54, 1.807) is 12.1 Å². The van der Waals surface area contributed by atoms with Crippen LogP contribution in [0.1, 0.15) is 23.6 Å². The van der Waals surface area contributed by atoms with Crippen LogP contribution in [0.15, 0.2) is 18.2 Å². The highest BCUT2D eigenvalue weighted by atomic mass is 16.3. The van der Waals surface area contributed by atoms with Crippen molar-refractivity contribution in [1.82, 2.24) is 4.98 Å². The van der Waals surface area contributed by atoms with Gasteiger partial charge in [0.15, 0.2) is 0 Å². The third-order valence-electron chi connectivity index (χ3n) is 3.30. The molecule has 0 aliphatic heterocycles. The quantitative estimate of drug-likeness (QED) is 0.673. The lowest BCUT2D eigenvalue weighted by atomic mass is 9.99. The molecule has 0 bridgehead atoms. The highest BCUT2D eigenvalue weighted by Crippen LogP contribution is 2.41. The number of amides is 1. The number of phenolic OH excluding ortho intramolecular Hbond substituents is 1. The molecule has 4 N–H and O–H groups in total. The summed E-state index contributed by atoms with van der Waals surface area (Å²) >= 11 is 0. The van der Waals surface area contributed by atoms with Gasteiger partial charge in [0.25, 0.3) is 0 Å². The van der Waals surface area contributed by atoms with Gasteiger partial charge < -0.3 is 15.8 Å². The van der Waals surface area contributed by atoms with Gasteiger partial charge in [-0.1, -0.05) is 6.07 Å². The summed E-state index contributed by atoms with van der Waals surface area (Å²) in [4.78, 5) is 14.6. The number of hydrogen-bond acceptors (Lipinski definition) is 2. The molecule has 1 aliphatic carbocycles. The number of aryl methyl sites for hydroxylation is 1. The summed E-state index contributed by atoms with van der Waals surface area (Å²) in [5.74, 6) is -0.372. The maximum atomic E-state index is 11.3. The fraction of sp³-hybridized carbons (Fsp3) is 0.250. The predicted octanol–water partition coefficient (Wildman–Crippen LogP) is 1.39. The van der Waals surface area contributed by atoms with Crippen LogP contribution in [-0.2, 0) is 11.2 Å². The Kier molecular flexibility index (Phi) is 1.74. The van der Waals surface area contributed by atoms with E-state index in [1.165, 1.54) is 0 Å². The molecule has 0 saturated carbocycles. The normalized spacial score (nSPS) is 18.9. The first-order valence-corrected chi connectivity index (χ1v) is 5.30. The number of carbonyl (C=O) groups is 1. The number of hydrogen-bond donors (Lipinski definition) is 3. The Morgan fingerprint density at radius 1 is 1.50 bits per heavy atom. The first-order valence-electron chi connectivity index (χ1n) is 5.30. The van der Waals surface area contributed by atoms with Gasteiger partial charge in [-0.15, -0.1) is 0 Å². The summed E-state index contributed by atoms with van der Waals surface area (Å²) in [7, 11) is 0. The number of H-pyrrole nitrogens is 1. The number of nitrogens with one attached hydrogen (secondary N) is 1. The van der Waals surface area contributed by atoms with Crippen LogP contribution >= 0.6 is 0 Å². The standard InChI is InChI=1S/C12H12N2O2/c13-12(16)6-4-5-8-10(6)11-7(14-8)2-1-3-9(11)15/h1-3,6,14-15H,4-5H2,(H2,13,16). The van der Waals surface area contributed by atoms with E-state index in [-0.39, 0.29) is 17.6 Å². The number of fused-ring (bicyclic) bond motifs is 3. The largest absolute Gasteiger partial charge is 0.507 e. The monoisotopic (exact) mass is 216 g/mol. The Hall–Kier alpha value is -1.97. The number of phenols is 1. The molecule has 2 aromatic rings. The first kappa shape index (κ1) is 9.27. The van der Waals surface area contributed by atoms with Crippen LogP contribution in [0.3, 0.4) is 0 Å². The van der Waals surface area contributed by atoms with Crippen LogP contribution in [0.5, 0.6) is 5.75 Å². The number of aromatic amines is 1. The molecule has 3 rings (SSSR count). The SMILES string of the molecule is NC(=O)C1CCc2[nH]c3cccc(O)c3c21. The lowest BCUT2D eigenvalue weighted by Crippen LogP contribution is -2.19. The molecule has 0 fully saturated rings. The van der Waals surface area contributed by atoms with Crippen LogP contribution in [0.4, 0.5) is 0 Å². The fourth-order valence-electron chi connectivity index (χ4n) is 2.61. The summed E-state index contributed by atoms with van der Waals surface area (Å²) in [6, 6.07) is 5.31. The number of nitrogens with two attached hydrogens (primary N) is 1. The van der Waals surface area contributed by atoms with E-state index >= 15 is 0 Å². The van der Waals surface area contributed by atoms with E-state index < -0.39 is 0 Å². The van der Waals surface area contributed by atoms with Gasteiger partial charge in [0.1, 0.15) is 5.75 Å². The maximum absolute atomic E-state index is 11.3. The highest BCUT2D eigenvalue weighted by molar-refractivity contribution is 5.96. The second kappa shape index (κ2) is 3.01.